The van der Waals surface area contributed by atoms with E-state index in [0.29, 0.717) is 31.2 Å². The Balaban J connectivity index is 1.94. The average Bonchev–Trinajstić information content (AvgIpc) is 2.69. The van der Waals surface area contributed by atoms with E-state index in [0.717, 1.165) is 19.6 Å². The molecule has 2 N–H and O–H groups in total. The molecular formula is C20H33N3O4S2. The third-order valence-electron chi connectivity index (χ3n) is 4.63. The Bertz CT molecular complexity index is 729. The second-order valence-electron chi connectivity index (χ2n) is 7.66. The summed E-state index contributed by atoms with van der Waals surface area (Å²) in [4.78, 5) is 15.2. The summed E-state index contributed by atoms with van der Waals surface area (Å²) in [6, 6.07) is 7.30. The summed E-state index contributed by atoms with van der Waals surface area (Å²) in [5.74, 6) is 0.937. The molecule has 1 heterocycles. The van der Waals surface area contributed by atoms with Crippen LogP contribution in [0.3, 0.4) is 0 Å². The first-order chi connectivity index (χ1) is 13.8. The summed E-state index contributed by atoms with van der Waals surface area (Å²) < 4.78 is 33.6. The Hall–Kier alpha value is -1.13. The molecule has 9 heteroatoms. The first kappa shape index (κ1) is 24.1. The molecule has 0 radical (unpaired) electrons. The summed E-state index contributed by atoms with van der Waals surface area (Å²) in [6.45, 7) is 8.05. The summed E-state index contributed by atoms with van der Waals surface area (Å²) in [7, 11) is -3.76. The van der Waals surface area contributed by atoms with Crippen LogP contribution in [0.2, 0.25) is 0 Å². The van der Waals surface area contributed by atoms with Gasteiger partial charge in [-0.1, -0.05) is 32.0 Å². The number of thioether (sulfide) groups is 1. The lowest BCUT2D eigenvalue weighted by Gasteiger charge is -2.34. The molecule has 0 spiro atoms. The van der Waals surface area contributed by atoms with Gasteiger partial charge >= 0.3 is 0 Å². The number of sulfonamides is 1. The second-order valence-corrected chi connectivity index (χ2v) is 10.4. The predicted molar refractivity (Wildman–Crippen MR) is 118 cm³/mol. The molecule has 29 heavy (non-hydrogen) atoms. The number of nitrogens with one attached hydrogen (secondary N) is 2. The molecule has 1 fully saturated rings. The minimum atomic E-state index is -3.76. The lowest BCUT2D eigenvalue weighted by molar-refractivity contribution is -0.124. The summed E-state index contributed by atoms with van der Waals surface area (Å²) in [5.41, 5.74) is 0. The largest absolute Gasteiger partial charge is 0.374 e. The molecule has 164 valence electrons. The van der Waals surface area contributed by atoms with Gasteiger partial charge in [-0.2, -0.15) is 16.5 Å². The fraction of sp³-hybridized carbons (Fsp3) is 0.650. The van der Waals surface area contributed by atoms with E-state index < -0.39 is 16.1 Å². The van der Waals surface area contributed by atoms with Crippen molar-refractivity contribution in [3.63, 3.8) is 0 Å². The van der Waals surface area contributed by atoms with Gasteiger partial charge in [0.25, 0.3) is 0 Å². The Morgan fingerprint density at radius 1 is 1.31 bits per heavy atom. The maximum atomic E-state index is 12.7. The third-order valence-corrected chi connectivity index (χ3v) is 6.76. The first-order valence-corrected chi connectivity index (χ1v) is 12.9. The van der Waals surface area contributed by atoms with E-state index in [-0.39, 0.29) is 16.9 Å². The molecule has 2 unspecified atom stereocenters. The molecule has 1 aromatic rings. The Labute approximate surface area is 179 Å². The van der Waals surface area contributed by atoms with Gasteiger partial charge in [0.2, 0.25) is 15.9 Å². The van der Waals surface area contributed by atoms with Gasteiger partial charge in [0.15, 0.2) is 0 Å². The highest BCUT2D eigenvalue weighted by Gasteiger charge is 2.27. The van der Waals surface area contributed by atoms with Crippen molar-refractivity contribution in [2.45, 2.75) is 37.3 Å². The van der Waals surface area contributed by atoms with E-state index in [1.807, 2.05) is 6.26 Å². The highest BCUT2D eigenvalue weighted by Crippen LogP contribution is 2.11. The van der Waals surface area contributed by atoms with Crippen molar-refractivity contribution in [1.29, 1.82) is 0 Å². The van der Waals surface area contributed by atoms with Crippen LogP contribution in [0.25, 0.3) is 0 Å². The molecule has 0 aliphatic carbocycles. The molecule has 1 saturated heterocycles. The van der Waals surface area contributed by atoms with Crippen molar-refractivity contribution < 1.29 is 17.9 Å². The van der Waals surface area contributed by atoms with Crippen LogP contribution in [0, 0.1) is 5.92 Å². The molecule has 0 bridgehead atoms. The lowest BCUT2D eigenvalue weighted by atomic mass is 10.1. The number of nitrogens with zero attached hydrogens (tertiary/aromatic N) is 1. The zero-order valence-corrected chi connectivity index (χ0v) is 19.1. The van der Waals surface area contributed by atoms with E-state index in [9.17, 15) is 13.2 Å². The molecular weight excluding hydrogens is 410 g/mol. The molecule has 1 aromatic carbocycles. The maximum absolute atomic E-state index is 12.7. The van der Waals surface area contributed by atoms with E-state index in [4.69, 9.17) is 4.74 Å². The number of carbonyl (C=O) groups is 1. The number of hydrogen-bond acceptors (Lipinski definition) is 6. The van der Waals surface area contributed by atoms with Gasteiger partial charge in [0.1, 0.15) is 6.04 Å². The monoisotopic (exact) mass is 443 g/mol. The lowest BCUT2D eigenvalue weighted by Crippen LogP contribution is -2.52. The number of rotatable bonds is 11. The molecule has 2 rings (SSSR count). The van der Waals surface area contributed by atoms with Crippen molar-refractivity contribution in [3.8, 4) is 0 Å². The molecule has 1 aliphatic heterocycles. The topological polar surface area (TPSA) is 87.7 Å². The molecule has 0 saturated carbocycles. The summed E-state index contributed by atoms with van der Waals surface area (Å²) in [5, 5.41) is 2.88. The van der Waals surface area contributed by atoms with Gasteiger partial charge in [-0.25, -0.2) is 8.42 Å². The number of benzene rings is 1. The smallest absolute Gasteiger partial charge is 0.241 e. The van der Waals surface area contributed by atoms with E-state index in [1.165, 1.54) is 12.1 Å². The number of morpholine rings is 1. The van der Waals surface area contributed by atoms with E-state index in [2.05, 4.69) is 28.8 Å². The highest BCUT2D eigenvalue weighted by atomic mass is 32.2. The van der Waals surface area contributed by atoms with Crippen LogP contribution in [0.4, 0.5) is 0 Å². The molecule has 1 amide bonds. The van der Waals surface area contributed by atoms with Crippen LogP contribution in [0.1, 0.15) is 20.3 Å². The van der Waals surface area contributed by atoms with Crippen molar-refractivity contribution in [2.75, 3.05) is 44.8 Å². The predicted octanol–water partition coefficient (Wildman–Crippen LogP) is 1.56. The molecule has 2 atom stereocenters. The average molecular weight is 444 g/mol. The quantitative estimate of drug-likeness (QED) is 0.540. The first-order valence-electron chi connectivity index (χ1n) is 9.99. The molecule has 7 nitrogen and oxygen atoms in total. The standard InChI is InChI=1S/C20H33N3O4S2/c1-16(2)14-23-10-11-27-17(15-23)13-21-20(24)19(9-12-28-3)22-29(25,26)18-7-5-4-6-8-18/h4-8,16-17,19,22H,9-15H2,1-3H3,(H,21,24). The SMILES string of the molecule is CSCCC(NS(=O)(=O)c1ccccc1)C(=O)NCC1CN(CC(C)C)CCO1. The zero-order valence-electron chi connectivity index (χ0n) is 17.5. The number of amides is 1. The zero-order chi connectivity index (χ0) is 21.3. The third kappa shape index (κ3) is 8.25. The van der Waals surface area contributed by atoms with Crippen molar-refractivity contribution in [2.24, 2.45) is 5.92 Å². The number of carbonyl (C=O) groups excluding carboxylic acids is 1. The Kier molecular flexibility index (Phi) is 9.91. The normalized spacial score (nSPS) is 19.2. The summed E-state index contributed by atoms with van der Waals surface area (Å²) in [6.07, 6.45) is 2.27. The van der Waals surface area contributed by atoms with Crippen LogP contribution in [0.15, 0.2) is 35.2 Å². The van der Waals surface area contributed by atoms with Gasteiger partial charge in [-0.05, 0) is 36.5 Å². The fourth-order valence-corrected chi connectivity index (χ4v) is 4.98. The number of hydrogen-bond donors (Lipinski definition) is 2. The van der Waals surface area contributed by atoms with Gasteiger partial charge in [0, 0.05) is 26.2 Å². The van der Waals surface area contributed by atoms with Gasteiger partial charge < -0.3 is 10.1 Å². The minimum Gasteiger partial charge on any atom is -0.374 e. The molecule has 1 aliphatic rings. The maximum Gasteiger partial charge on any atom is 0.241 e. The number of ether oxygens (including phenoxy) is 1. The molecule has 0 aromatic heterocycles. The Morgan fingerprint density at radius 2 is 2.03 bits per heavy atom. The van der Waals surface area contributed by atoms with Crippen LogP contribution < -0.4 is 10.0 Å². The van der Waals surface area contributed by atoms with Crippen molar-refractivity contribution >= 4 is 27.7 Å². The van der Waals surface area contributed by atoms with Crippen molar-refractivity contribution in [1.82, 2.24) is 14.9 Å². The van der Waals surface area contributed by atoms with Gasteiger partial charge in [0.05, 0.1) is 17.6 Å². The van der Waals surface area contributed by atoms with E-state index >= 15 is 0 Å². The fourth-order valence-electron chi connectivity index (χ4n) is 3.26. The van der Waals surface area contributed by atoms with Crippen LogP contribution in [-0.4, -0.2) is 76.2 Å². The minimum absolute atomic E-state index is 0.0848. The van der Waals surface area contributed by atoms with Gasteiger partial charge in [-0.15, -0.1) is 0 Å². The second kappa shape index (κ2) is 11.9. The Morgan fingerprint density at radius 3 is 2.69 bits per heavy atom. The summed E-state index contributed by atoms with van der Waals surface area (Å²) >= 11 is 1.58. The van der Waals surface area contributed by atoms with Crippen LogP contribution in [-0.2, 0) is 19.6 Å². The van der Waals surface area contributed by atoms with E-state index in [1.54, 1.807) is 30.0 Å². The van der Waals surface area contributed by atoms with Crippen LogP contribution in [0.5, 0.6) is 0 Å². The van der Waals surface area contributed by atoms with Crippen molar-refractivity contribution in [3.05, 3.63) is 30.3 Å². The highest BCUT2D eigenvalue weighted by molar-refractivity contribution is 7.98. The van der Waals surface area contributed by atoms with Crippen LogP contribution >= 0.6 is 11.8 Å². The van der Waals surface area contributed by atoms with Gasteiger partial charge in [-0.3, -0.25) is 9.69 Å².